The lowest BCUT2D eigenvalue weighted by Gasteiger charge is -2.36. The molecule has 0 aromatic carbocycles. The number of nitrogens with one attached hydrogen (secondary N) is 1. The number of imidazole rings is 1. The molecule has 0 spiro atoms. The van der Waals surface area contributed by atoms with Crippen LogP contribution < -0.4 is 4.90 Å². The molecule has 6 heteroatoms. The van der Waals surface area contributed by atoms with E-state index in [9.17, 15) is 0 Å². The lowest BCUT2D eigenvalue weighted by molar-refractivity contribution is 0.222. The number of hydrogen-bond acceptors (Lipinski definition) is 5. The van der Waals surface area contributed by atoms with Gasteiger partial charge in [-0.15, -0.1) is 0 Å². The van der Waals surface area contributed by atoms with Crippen molar-refractivity contribution in [2.45, 2.75) is 38.5 Å². The number of aromatic amines is 1. The van der Waals surface area contributed by atoms with Gasteiger partial charge in [-0.2, -0.15) is 0 Å². The number of aromatic nitrogens is 4. The van der Waals surface area contributed by atoms with Crippen LogP contribution in [0.1, 0.15) is 38.5 Å². The third-order valence-electron chi connectivity index (χ3n) is 5.24. The largest absolute Gasteiger partial charge is 0.354 e. The molecule has 1 N–H and O–H groups in total. The second-order valence-corrected chi connectivity index (χ2v) is 6.97. The van der Waals surface area contributed by atoms with Crippen LogP contribution in [0.5, 0.6) is 0 Å². The van der Waals surface area contributed by atoms with Gasteiger partial charge in [0.1, 0.15) is 11.8 Å². The molecule has 2 fully saturated rings. The summed E-state index contributed by atoms with van der Waals surface area (Å²) in [7, 11) is 0. The van der Waals surface area contributed by atoms with Crippen molar-refractivity contribution in [3.05, 3.63) is 12.7 Å². The van der Waals surface area contributed by atoms with Crippen molar-refractivity contribution in [1.82, 2.24) is 24.8 Å². The van der Waals surface area contributed by atoms with Crippen LogP contribution in [-0.2, 0) is 0 Å². The van der Waals surface area contributed by atoms with Crippen LogP contribution in [-0.4, -0.2) is 57.6 Å². The summed E-state index contributed by atoms with van der Waals surface area (Å²) in [5.74, 6) is 1.77. The van der Waals surface area contributed by atoms with Crippen LogP contribution in [0.2, 0.25) is 0 Å². The summed E-state index contributed by atoms with van der Waals surface area (Å²) in [5.41, 5.74) is 1.74. The summed E-state index contributed by atoms with van der Waals surface area (Å²) in [6.07, 6.45) is 11.5. The number of hydrogen-bond donors (Lipinski definition) is 1. The number of rotatable bonds is 3. The van der Waals surface area contributed by atoms with Crippen molar-refractivity contribution in [2.75, 3.05) is 37.6 Å². The molecule has 2 aliphatic rings. The minimum atomic E-state index is 0.745. The molecule has 6 nitrogen and oxygen atoms in total. The van der Waals surface area contributed by atoms with E-state index in [4.69, 9.17) is 0 Å². The highest BCUT2D eigenvalue weighted by atomic mass is 15.2. The van der Waals surface area contributed by atoms with Gasteiger partial charge in [-0.05, 0) is 44.7 Å². The van der Waals surface area contributed by atoms with Gasteiger partial charge in [0.25, 0.3) is 0 Å². The molecule has 0 saturated carbocycles. The SMILES string of the molecule is c1nc(N2CCC[C@@H](CN3CCCCCC3)C2)c2[nH]cnc2n1. The summed E-state index contributed by atoms with van der Waals surface area (Å²) in [6, 6.07) is 0. The maximum Gasteiger partial charge on any atom is 0.182 e. The highest BCUT2D eigenvalue weighted by Gasteiger charge is 2.25. The first-order chi connectivity index (χ1) is 11.4. The summed E-state index contributed by atoms with van der Waals surface area (Å²) < 4.78 is 0. The average molecular weight is 314 g/mol. The minimum Gasteiger partial charge on any atom is -0.354 e. The average Bonchev–Trinajstić information content (AvgIpc) is 2.92. The zero-order valence-electron chi connectivity index (χ0n) is 13.7. The first-order valence-electron chi connectivity index (χ1n) is 9.01. The Labute approximate surface area is 137 Å². The molecule has 124 valence electrons. The smallest absolute Gasteiger partial charge is 0.182 e. The fourth-order valence-corrected chi connectivity index (χ4v) is 4.08. The van der Waals surface area contributed by atoms with Crippen LogP contribution in [0.15, 0.2) is 12.7 Å². The monoisotopic (exact) mass is 314 g/mol. The normalized spacial score (nSPS) is 24.0. The summed E-state index contributed by atoms with van der Waals surface area (Å²) in [5, 5.41) is 0. The van der Waals surface area contributed by atoms with Gasteiger partial charge in [-0.25, -0.2) is 15.0 Å². The fourth-order valence-electron chi connectivity index (χ4n) is 4.08. The van der Waals surface area contributed by atoms with Crippen molar-refractivity contribution in [3.63, 3.8) is 0 Å². The van der Waals surface area contributed by atoms with Gasteiger partial charge in [0.2, 0.25) is 0 Å². The number of H-pyrrole nitrogens is 1. The van der Waals surface area contributed by atoms with Gasteiger partial charge in [-0.1, -0.05) is 12.8 Å². The van der Waals surface area contributed by atoms with E-state index < -0.39 is 0 Å². The molecular formula is C17H26N6. The number of likely N-dealkylation sites (tertiary alicyclic amines) is 1. The standard InChI is InChI=1S/C17H26N6/c1-2-4-8-22(7-3-1)10-14-6-5-9-23(11-14)17-15-16(19-12-18-15)20-13-21-17/h12-14H,1-11H2,(H,18,19,20,21)/t14-/m0/s1. The third kappa shape index (κ3) is 3.32. The molecule has 0 unspecified atom stereocenters. The molecule has 0 radical (unpaired) electrons. The molecule has 2 aromatic rings. The van der Waals surface area contributed by atoms with Gasteiger partial charge in [0.15, 0.2) is 11.5 Å². The quantitative estimate of drug-likeness (QED) is 0.943. The van der Waals surface area contributed by atoms with Gasteiger partial charge in [-0.3, -0.25) is 0 Å². The van der Waals surface area contributed by atoms with E-state index in [2.05, 4.69) is 29.7 Å². The van der Waals surface area contributed by atoms with Crippen LogP contribution in [0, 0.1) is 5.92 Å². The lowest BCUT2D eigenvalue weighted by atomic mass is 9.97. The van der Waals surface area contributed by atoms with Crippen molar-refractivity contribution in [1.29, 1.82) is 0 Å². The maximum absolute atomic E-state index is 4.53. The van der Waals surface area contributed by atoms with Crippen molar-refractivity contribution >= 4 is 17.0 Å². The number of piperidine rings is 1. The number of nitrogens with zero attached hydrogens (tertiary/aromatic N) is 5. The Morgan fingerprint density at radius 1 is 1.00 bits per heavy atom. The number of fused-ring (bicyclic) bond motifs is 1. The first-order valence-corrected chi connectivity index (χ1v) is 9.01. The molecular weight excluding hydrogens is 288 g/mol. The lowest BCUT2D eigenvalue weighted by Crippen LogP contribution is -2.41. The van der Waals surface area contributed by atoms with Crippen LogP contribution in [0.3, 0.4) is 0 Å². The predicted octanol–water partition coefficient (Wildman–Crippen LogP) is 2.45. The zero-order valence-corrected chi connectivity index (χ0v) is 13.7. The summed E-state index contributed by atoms with van der Waals surface area (Å²) in [6.45, 7) is 6.00. The maximum atomic E-state index is 4.53. The van der Waals surface area contributed by atoms with Gasteiger partial charge in [0, 0.05) is 19.6 Å². The third-order valence-corrected chi connectivity index (χ3v) is 5.24. The molecule has 4 rings (SSSR count). The Bertz CT molecular complexity index is 631. The molecule has 1 atom stereocenters. The zero-order chi connectivity index (χ0) is 15.5. The second kappa shape index (κ2) is 6.83. The summed E-state index contributed by atoms with van der Waals surface area (Å²) in [4.78, 5) is 21.3. The Kier molecular flexibility index (Phi) is 4.41. The fraction of sp³-hybridized carbons (Fsp3) is 0.706. The van der Waals surface area contributed by atoms with E-state index in [1.54, 1.807) is 12.7 Å². The topological polar surface area (TPSA) is 60.9 Å². The molecule has 0 amide bonds. The van der Waals surface area contributed by atoms with E-state index in [-0.39, 0.29) is 0 Å². The van der Waals surface area contributed by atoms with Crippen molar-refractivity contribution in [2.24, 2.45) is 5.92 Å². The molecule has 23 heavy (non-hydrogen) atoms. The molecule has 0 aliphatic carbocycles. The molecule has 0 bridgehead atoms. The molecule has 4 heterocycles. The van der Waals surface area contributed by atoms with Gasteiger partial charge >= 0.3 is 0 Å². The van der Waals surface area contributed by atoms with Crippen LogP contribution >= 0.6 is 0 Å². The highest BCUT2D eigenvalue weighted by molar-refractivity contribution is 5.82. The van der Waals surface area contributed by atoms with E-state index in [1.165, 1.54) is 58.2 Å². The van der Waals surface area contributed by atoms with E-state index in [0.29, 0.717) is 0 Å². The van der Waals surface area contributed by atoms with Crippen molar-refractivity contribution < 1.29 is 0 Å². The van der Waals surface area contributed by atoms with Crippen LogP contribution in [0.25, 0.3) is 11.2 Å². The van der Waals surface area contributed by atoms with Crippen molar-refractivity contribution in [3.8, 4) is 0 Å². The van der Waals surface area contributed by atoms with Crippen LogP contribution in [0.4, 0.5) is 5.82 Å². The predicted molar refractivity (Wildman–Crippen MR) is 91.5 cm³/mol. The summed E-state index contributed by atoms with van der Waals surface area (Å²) >= 11 is 0. The highest BCUT2D eigenvalue weighted by Crippen LogP contribution is 2.26. The Morgan fingerprint density at radius 2 is 1.87 bits per heavy atom. The first kappa shape index (κ1) is 14.9. The Hall–Kier alpha value is -1.69. The molecule has 2 aromatic heterocycles. The molecule has 2 aliphatic heterocycles. The van der Waals surface area contributed by atoms with Gasteiger partial charge < -0.3 is 14.8 Å². The Balaban J connectivity index is 1.45. The Morgan fingerprint density at radius 3 is 2.74 bits per heavy atom. The molecule has 2 saturated heterocycles. The van der Waals surface area contributed by atoms with E-state index in [0.717, 1.165) is 36.0 Å². The van der Waals surface area contributed by atoms with Gasteiger partial charge in [0.05, 0.1) is 6.33 Å². The van der Waals surface area contributed by atoms with E-state index in [1.807, 2.05) is 0 Å². The number of anilines is 1. The van der Waals surface area contributed by atoms with E-state index >= 15 is 0 Å². The minimum absolute atomic E-state index is 0.745. The second-order valence-electron chi connectivity index (χ2n) is 6.97.